The van der Waals surface area contributed by atoms with E-state index in [2.05, 4.69) is 20.8 Å². The number of carbonyl (C=O) groups excluding carboxylic acids is 2. The summed E-state index contributed by atoms with van der Waals surface area (Å²) in [5, 5.41) is 13.9. The molecule has 3 amide bonds. The van der Waals surface area contributed by atoms with Crippen LogP contribution < -0.4 is 15.4 Å². The molecular weight excluding hydrogens is 394 g/mol. The van der Waals surface area contributed by atoms with E-state index in [4.69, 9.17) is 9.15 Å². The van der Waals surface area contributed by atoms with Crippen LogP contribution >= 0.6 is 11.8 Å². The van der Waals surface area contributed by atoms with Crippen molar-refractivity contribution in [2.24, 2.45) is 0 Å². The maximum absolute atomic E-state index is 12.1. The van der Waals surface area contributed by atoms with Gasteiger partial charge in [0.15, 0.2) is 11.0 Å². The molecule has 2 N–H and O–H groups in total. The lowest BCUT2D eigenvalue weighted by Gasteiger charge is -2.10. The fraction of sp³-hybridized carbons (Fsp3) is 0.263. The molecule has 0 saturated carbocycles. The quantitative estimate of drug-likeness (QED) is 0.544. The zero-order valence-electron chi connectivity index (χ0n) is 16.0. The molecule has 0 aliphatic heterocycles. The SMILES string of the molecule is CCn1c(SCC(=O)NC(=O)NCc2ccco2)nnc1-c1ccccc1OC. The molecule has 0 saturated heterocycles. The number of rotatable bonds is 8. The van der Waals surface area contributed by atoms with E-state index in [1.54, 1.807) is 19.2 Å². The fourth-order valence-electron chi connectivity index (χ4n) is 2.63. The van der Waals surface area contributed by atoms with E-state index in [0.717, 1.165) is 5.56 Å². The minimum absolute atomic E-state index is 0.0260. The number of ether oxygens (including phenoxy) is 1. The van der Waals surface area contributed by atoms with Gasteiger partial charge in [0, 0.05) is 6.54 Å². The lowest BCUT2D eigenvalue weighted by atomic mass is 10.2. The molecule has 2 heterocycles. The van der Waals surface area contributed by atoms with Gasteiger partial charge in [-0.15, -0.1) is 10.2 Å². The molecule has 0 radical (unpaired) electrons. The van der Waals surface area contributed by atoms with Gasteiger partial charge < -0.3 is 19.0 Å². The molecular formula is C19H21N5O4S. The fourth-order valence-corrected chi connectivity index (χ4v) is 3.43. The number of nitrogens with one attached hydrogen (secondary N) is 2. The number of aromatic nitrogens is 3. The van der Waals surface area contributed by atoms with Gasteiger partial charge in [0.1, 0.15) is 11.5 Å². The van der Waals surface area contributed by atoms with E-state index in [-0.39, 0.29) is 12.3 Å². The van der Waals surface area contributed by atoms with Crippen molar-refractivity contribution in [1.29, 1.82) is 0 Å². The number of methoxy groups -OCH3 is 1. The Bertz CT molecular complexity index is 971. The molecule has 10 heteroatoms. The van der Waals surface area contributed by atoms with Crippen LogP contribution in [0.3, 0.4) is 0 Å². The number of urea groups is 1. The summed E-state index contributed by atoms with van der Waals surface area (Å²) < 4.78 is 12.4. The van der Waals surface area contributed by atoms with Crippen LogP contribution in [0.15, 0.2) is 52.2 Å². The van der Waals surface area contributed by atoms with Gasteiger partial charge in [0.2, 0.25) is 5.91 Å². The highest BCUT2D eigenvalue weighted by atomic mass is 32.2. The molecule has 1 aromatic carbocycles. The second-order valence-electron chi connectivity index (χ2n) is 5.85. The van der Waals surface area contributed by atoms with Crippen LogP contribution in [0.25, 0.3) is 11.4 Å². The van der Waals surface area contributed by atoms with E-state index < -0.39 is 11.9 Å². The number of carbonyl (C=O) groups is 2. The summed E-state index contributed by atoms with van der Waals surface area (Å²) in [6, 6.07) is 10.4. The summed E-state index contributed by atoms with van der Waals surface area (Å²) in [5.41, 5.74) is 0.818. The van der Waals surface area contributed by atoms with Crippen molar-refractivity contribution in [2.45, 2.75) is 25.2 Å². The van der Waals surface area contributed by atoms with Gasteiger partial charge in [0.25, 0.3) is 0 Å². The predicted octanol–water partition coefficient (Wildman–Crippen LogP) is 2.68. The molecule has 0 fully saturated rings. The van der Waals surface area contributed by atoms with Crippen molar-refractivity contribution < 1.29 is 18.7 Å². The summed E-state index contributed by atoms with van der Waals surface area (Å²) in [5.74, 6) is 1.54. The average molecular weight is 415 g/mol. The number of thioether (sulfide) groups is 1. The second-order valence-corrected chi connectivity index (χ2v) is 6.79. The van der Waals surface area contributed by atoms with E-state index in [1.807, 2.05) is 35.8 Å². The first-order valence-electron chi connectivity index (χ1n) is 8.91. The van der Waals surface area contributed by atoms with Crippen molar-refractivity contribution >= 4 is 23.7 Å². The number of hydrogen-bond acceptors (Lipinski definition) is 7. The molecule has 2 aromatic heterocycles. The molecule has 3 rings (SSSR count). The van der Waals surface area contributed by atoms with Gasteiger partial charge in [0.05, 0.1) is 31.2 Å². The van der Waals surface area contributed by atoms with Gasteiger partial charge in [-0.25, -0.2) is 4.79 Å². The first kappa shape index (κ1) is 20.5. The third kappa shape index (κ3) is 5.17. The van der Waals surface area contributed by atoms with Gasteiger partial charge in [-0.2, -0.15) is 0 Å². The molecule has 0 unspecified atom stereocenters. The van der Waals surface area contributed by atoms with Gasteiger partial charge in [-0.05, 0) is 31.2 Å². The smallest absolute Gasteiger partial charge is 0.321 e. The van der Waals surface area contributed by atoms with Crippen LogP contribution in [0, 0.1) is 0 Å². The maximum Gasteiger partial charge on any atom is 0.321 e. The Balaban J connectivity index is 1.58. The van der Waals surface area contributed by atoms with E-state index in [0.29, 0.717) is 29.0 Å². The Hall–Kier alpha value is -3.27. The standard InChI is InChI=1S/C19H21N5O4S/c1-3-24-17(14-8-4-5-9-15(14)27-2)22-23-19(24)29-12-16(25)21-18(26)20-11-13-7-6-10-28-13/h4-10H,3,11-12H2,1-2H3,(H2,20,21,25,26). The molecule has 152 valence electrons. The first-order chi connectivity index (χ1) is 14.1. The molecule has 0 aliphatic rings. The van der Waals surface area contributed by atoms with Crippen LogP contribution in [0.4, 0.5) is 4.79 Å². The second kappa shape index (κ2) is 9.78. The van der Waals surface area contributed by atoms with E-state index in [1.165, 1.54) is 18.0 Å². The predicted molar refractivity (Wildman–Crippen MR) is 107 cm³/mol. The molecule has 29 heavy (non-hydrogen) atoms. The van der Waals surface area contributed by atoms with Crippen LogP contribution in [0.2, 0.25) is 0 Å². The Morgan fingerprint density at radius 1 is 1.21 bits per heavy atom. The lowest BCUT2D eigenvalue weighted by molar-refractivity contribution is -0.117. The first-order valence-corrected chi connectivity index (χ1v) is 9.90. The maximum atomic E-state index is 12.1. The summed E-state index contributed by atoms with van der Waals surface area (Å²) in [6.07, 6.45) is 1.51. The van der Waals surface area contributed by atoms with Crippen LogP contribution in [0.1, 0.15) is 12.7 Å². The normalized spacial score (nSPS) is 10.6. The summed E-state index contributed by atoms with van der Waals surface area (Å²) >= 11 is 1.20. The number of imide groups is 1. The molecule has 0 bridgehead atoms. The van der Waals surface area contributed by atoms with E-state index in [9.17, 15) is 9.59 Å². The van der Waals surface area contributed by atoms with Gasteiger partial charge >= 0.3 is 6.03 Å². The van der Waals surface area contributed by atoms with Crippen LogP contribution in [0.5, 0.6) is 5.75 Å². The molecule has 0 atom stereocenters. The number of nitrogens with zero attached hydrogens (tertiary/aromatic N) is 3. The lowest BCUT2D eigenvalue weighted by Crippen LogP contribution is -2.39. The zero-order valence-corrected chi connectivity index (χ0v) is 16.9. The van der Waals surface area contributed by atoms with Crippen LogP contribution in [-0.4, -0.2) is 39.6 Å². The Morgan fingerprint density at radius 2 is 2.03 bits per heavy atom. The van der Waals surface area contributed by atoms with Crippen molar-refractivity contribution in [3.63, 3.8) is 0 Å². The van der Waals surface area contributed by atoms with Crippen molar-refractivity contribution in [3.8, 4) is 17.1 Å². The van der Waals surface area contributed by atoms with Crippen molar-refractivity contribution in [1.82, 2.24) is 25.4 Å². The molecule has 3 aromatic rings. The summed E-state index contributed by atoms with van der Waals surface area (Å²) in [7, 11) is 1.60. The minimum Gasteiger partial charge on any atom is -0.496 e. The van der Waals surface area contributed by atoms with Gasteiger partial charge in [-0.3, -0.25) is 10.1 Å². The molecule has 0 spiro atoms. The number of hydrogen-bond donors (Lipinski definition) is 2. The van der Waals surface area contributed by atoms with E-state index >= 15 is 0 Å². The van der Waals surface area contributed by atoms with Crippen LogP contribution in [-0.2, 0) is 17.9 Å². The third-order valence-corrected chi connectivity index (χ3v) is 4.94. The topological polar surface area (TPSA) is 111 Å². The highest BCUT2D eigenvalue weighted by Crippen LogP contribution is 2.30. The summed E-state index contributed by atoms with van der Waals surface area (Å²) in [6.45, 7) is 2.79. The monoisotopic (exact) mass is 415 g/mol. The number of amides is 3. The van der Waals surface area contributed by atoms with Gasteiger partial charge in [-0.1, -0.05) is 23.9 Å². The number of furan rings is 1. The number of para-hydroxylation sites is 1. The average Bonchev–Trinajstić information content (AvgIpc) is 3.40. The minimum atomic E-state index is -0.585. The largest absolute Gasteiger partial charge is 0.496 e. The van der Waals surface area contributed by atoms with Crippen molar-refractivity contribution in [3.05, 3.63) is 48.4 Å². The number of benzene rings is 1. The van der Waals surface area contributed by atoms with Crippen molar-refractivity contribution in [2.75, 3.05) is 12.9 Å². The molecule has 9 nitrogen and oxygen atoms in total. The highest BCUT2D eigenvalue weighted by molar-refractivity contribution is 7.99. The third-order valence-electron chi connectivity index (χ3n) is 3.97. The molecule has 0 aliphatic carbocycles. The zero-order chi connectivity index (χ0) is 20.6. The highest BCUT2D eigenvalue weighted by Gasteiger charge is 2.17. The Labute approximate surface area is 171 Å². The Morgan fingerprint density at radius 3 is 2.76 bits per heavy atom. The Kier molecular flexibility index (Phi) is 6.90. The summed E-state index contributed by atoms with van der Waals surface area (Å²) in [4.78, 5) is 23.9.